The summed E-state index contributed by atoms with van der Waals surface area (Å²) in [5, 5.41) is 0. The highest BCUT2D eigenvalue weighted by atomic mass is 16.5. The Bertz CT molecular complexity index is 603. The van der Waals surface area contributed by atoms with Gasteiger partial charge in [-0.05, 0) is 26.0 Å². The fourth-order valence-electron chi connectivity index (χ4n) is 1.75. The zero-order valence-electron chi connectivity index (χ0n) is 10.1. The Morgan fingerprint density at radius 1 is 1.29 bits per heavy atom. The molecule has 0 fully saturated rings. The number of nitrogens with one attached hydrogen (secondary N) is 1. The van der Waals surface area contributed by atoms with Gasteiger partial charge in [0.25, 0.3) is 5.56 Å². The molecule has 0 spiro atoms. The van der Waals surface area contributed by atoms with Crippen LogP contribution in [0.25, 0.3) is 11.3 Å². The van der Waals surface area contributed by atoms with Crippen molar-refractivity contribution in [3.8, 4) is 17.0 Å². The number of aromatic nitrogens is 2. The van der Waals surface area contributed by atoms with Crippen LogP contribution >= 0.6 is 0 Å². The zero-order chi connectivity index (χ0) is 12.4. The van der Waals surface area contributed by atoms with E-state index >= 15 is 0 Å². The van der Waals surface area contributed by atoms with Crippen molar-refractivity contribution < 1.29 is 4.74 Å². The lowest BCUT2D eigenvalue weighted by atomic mass is 10.0. The first-order valence-corrected chi connectivity index (χ1v) is 5.33. The van der Waals surface area contributed by atoms with E-state index in [-0.39, 0.29) is 5.56 Å². The minimum atomic E-state index is -0.126. The molecule has 0 saturated heterocycles. The van der Waals surface area contributed by atoms with E-state index in [4.69, 9.17) is 4.74 Å². The number of hydrogen-bond donors (Lipinski definition) is 1. The molecular formula is C13H14N2O2. The third-order valence-electron chi connectivity index (χ3n) is 2.70. The number of rotatable bonds is 2. The Labute approximate surface area is 99.3 Å². The van der Waals surface area contributed by atoms with Gasteiger partial charge in [0, 0.05) is 11.1 Å². The molecule has 0 bridgehead atoms. The molecule has 4 heteroatoms. The van der Waals surface area contributed by atoms with Crippen LogP contribution in [0.1, 0.15) is 11.1 Å². The summed E-state index contributed by atoms with van der Waals surface area (Å²) in [6.45, 7) is 3.74. The van der Waals surface area contributed by atoms with Crippen molar-refractivity contribution in [2.45, 2.75) is 13.8 Å². The van der Waals surface area contributed by atoms with Crippen LogP contribution in [0.3, 0.4) is 0 Å². The summed E-state index contributed by atoms with van der Waals surface area (Å²) < 4.78 is 5.30. The summed E-state index contributed by atoms with van der Waals surface area (Å²) in [7, 11) is 1.61. The Hall–Kier alpha value is -2.10. The van der Waals surface area contributed by atoms with Gasteiger partial charge in [-0.25, -0.2) is 4.98 Å². The van der Waals surface area contributed by atoms with Gasteiger partial charge >= 0.3 is 0 Å². The quantitative estimate of drug-likeness (QED) is 0.859. The van der Waals surface area contributed by atoms with Gasteiger partial charge in [0.15, 0.2) is 0 Å². The van der Waals surface area contributed by atoms with Crippen molar-refractivity contribution >= 4 is 0 Å². The molecule has 0 atom stereocenters. The average Bonchev–Trinajstić information content (AvgIpc) is 2.33. The van der Waals surface area contributed by atoms with E-state index in [0.29, 0.717) is 11.3 Å². The highest BCUT2D eigenvalue weighted by Gasteiger charge is 2.11. The Morgan fingerprint density at radius 2 is 2.06 bits per heavy atom. The standard InChI is InChI=1S/C13H14N2O2/c1-8-4-5-11(17-3)10(6-8)12-9(2)13(16)15-7-14-12/h4-7H,1-3H3,(H,14,15,16). The van der Waals surface area contributed by atoms with Gasteiger partial charge in [-0.1, -0.05) is 11.6 Å². The van der Waals surface area contributed by atoms with E-state index in [1.807, 2.05) is 25.1 Å². The maximum absolute atomic E-state index is 11.6. The summed E-state index contributed by atoms with van der Waals surface area (Å²) in [6, 6.07) is 5.81. The van der Waals surface area contributed by atoms with Crippen molar-refractivity contribution in [1.82, 2.24) is 9.97 Å². The van der Waals surface area contributed by atoms with Crippen molar-refractivity contribution in [3.63, 3.8) is 0 Å². The smallest absolute Gasteiger partial charge is 0.254 e. The second kappa shape index (κ2) is 4.41. The summed E-state index contributed by atoms with van der Waals surface area (Å²) in [5.74, 6) is 0.719. The molecule has 1 heterocycles. The second-order valence-electron chi connectivity index (χ2n) is 3.91. The Balaban J connectivity index is 2.71. The molecule has 1 aromatic heterocycles. The first-order valence-electron chi connectivity index (χ1n) is 5.33. The van der Waals surface area contributed by atoms with Crippen LogP contribution in [-0.2, 0) is 0 Å². The van der Waals surface area contributed by atoms with Crippen molar-refractivity contribution in [2.75, 3.05) is 7.11 Å². The fourth-order valence-corrected chi connectivity index (χ4v) is 1.75. The van der Waals surface area contributed by atoms with E-state index < -0.39 is 0 Å². The Kier molecular flexibility index (Phi) is 2.95. The van der Waals surface area contributed by atoms with Crippen LogP contribution in [0.5, 0.6) is 5.75 Å². The lowest BCUT2D eigenvalue weighted by Crippen LogP contribution is -2.11. The van der Waals surface area contributed by atoms with Crippen LogP contribution in [0.2, 0.25) is 0 Å². The molecule has 0 amide bonds. The van der Waals surface area contributed by atoms with Crippen LogP contribution in [-0.4, -0.2) is 17.1 Å². The van der Waals surface area contributed by atoms with Gasteiger partial charge in [-0.15, -0.1) is 0 Å². The highest BCUT2D eigenvalue weighted by Crippen LogP contribution is 2.30. The van der Waals surface area contributed by atoms with Gasteiger partial charge in [-0.3, -0.25) is 4.79 Å². The third-order valence-corrected chi connectivity index (χ3v) is 2.70. The number of aryl methyl sites for hydroxylation is 1. The van der Waals surface area contributed by atoms with Gasteiger partial charge < -0.3 is 9.72 Å². The number of aromatic amines is 1. The molecule has 1 N–H and O–H groups in total. The van der Waals surface area contributed by atoms with Gasteiger partial charge in [0.05, 0.1) is 19.1 Å². The maximum atomic E-state index is 11.6. The zero-order valence-corrected chi connectivity index (χ0v) is 10.1. The van der Waals surface area contributed by atoms with Gasteiger partial charge in [0.1, 0.15) is 5.75 Å². The number of ether oxygens (including phenoxy) is 1. The minimum absolute atomic E-state index is 0.126. The van der Waals surface area contributed by atoms with E-state index in [9.17, 15) is 4.79 Å². The lowest BCUT2D eigenvalue weighted by Gasteiger charge is -2.10. The molecule has 2 aromatic rings. The molecular weight excluding hydrogens is 216 g/mol. The monoisotopic (exact) mass is 230 g/mol. The molecule has 0 aliphatic rings. The first-order chi connectivity index (χ1) is 8.13. The summed E-state index contributed by atoms with van der Waals surface area (Å²) >= 11 is 0. The first kappa shape index (κ1) is 11.4. The molecule has 4 nitrogen and oxygen atoms in total. The fraction of sp³-hybridized carbons (Fsp3) is 0.231. The molecule has 0 aliphatic heterocycles. The van der Waals surface area contributed by atoms with Crippen molar-refractivity contribution in [1.29, 1.82) is 0 Å². The average molecular weight is 230 g/mol. The number of nitrogens with zero attached hydrogens (tertiary/aromatic N) is 1. The molecule has 88 valence electrons. The molecule has 0 unspecified atom stereocenters. The maximum Gasteiger partial charge on any atom is 0.254 e. The third kappa shape index (κ3) is 2.06. The van der Waals surface area contributed by atoms with Crippen LogP contribution in [0, 0.1) is 13.8 Å². The topological polar surface area (TPSA) is 55.0 Å². The van der Waals surface area contributed by atoms with E-state index in [0.717, 1.165) is 16.9 Å². The summed E-state index contributed by atoms with van der Waals surface area (Å²) in [4.78, 5) is 18.3. The van der Waals surface area contributed by atoms with E-state index in [2.05, 4.69) is 9.97 Å². The van der Waals surface area contributed by atoms with Gasteiger partial charge in [-0.2, -0.15) is 0 Å². The SMILES string of the molecule is COc1ccc(C)cc1-c1nc[nH]c(=O)c1C. The predicted octanol–water partition coefficient (Wildman–Crippen LogP) is 2.06. The van der Waals surface area contributed by atoms with E-state index in [1.54, 1.807) is 14.0 Å². The van der Waals surface area contributed by atoms with Crippen LogP contribution < -0.4 is 10.3 Å². The largest absolute Gasteiger partial charge is 0.496 e. The van der Waals surface area contributed by atoms with E-state index in [1.165, 1.54) is 6.33 Å². The Morgan fingerprint density at radius 3 is 2.76 bits per heavy atom. The summed E-state index contributed by atoms with van der Waals surface area (Å²) in [6.07, 6.45) is 1.41. The second-order valence-corrected chi connectivity index (χ2v) is 3.91. The van der Waals surface area contributed by atoms with Gasteiger partial charge in [0.2, 0.25) is 0 Å². The number of H-pyrrole nitrogens is 1. The summed E-state index contributed by atoms with van der Waals surface area (Å²) in [5.41, 5.74) is 3.07. The number of benzene rings is 1. The molecule has 0 aliphatic carbocycles. The number of methoxy groups -OCH3 is 1. The molecule has 0 saturated carbocycles. The molecule has 2 rings (SSSR count). The van der Waals surface area contributed by atoms with Crippen molar-refractivity contribution in [2.24, 2.45) is 0 Å². The molecule has 0 radical (unpaired) electrons. The lowest BCUT2D eigenvalue weighted by molar-refractivity contribution is 0.416. The molecule has 17 heavy (non-hydrogen) atoms. The van der Waals surface area contributed by atoms with Crippen LogP contribution in [0.4, 0.5) is 0 Å². The molecule has 1 aromatic carbocycles. The van der Waals surface area contributed by atoms with Crippen molar-refractivity contribution in [3.05, 3.63) is 46.0 Å². The highest BCUT2D eigenvalue weighted by molar-refractivity contribution is 5.70. The number of hydrogen-bond acceptors (Lipinski definition) is 3. The normalized spacial score (nSPS) is 10.3. The minimum Gasteiger partial charge on any atom is -0.496 e. The predicted molar refractivity (Wildman–Crippen MR) is 66.3 cm³/mol. The van der Waals surface area contributed by atoms with Crippen LogP contribution in [0.15, 0.2) is 29.3 Å².